The Labute approximate surface area is 122 Å². The second kappa shape index (κ2) is 7.31. The molecule has 110 valence electrons. The smallest absolute Gasteiger partial charge is 0.335 e. The number of aliphatic hydroxyl groups is 1. The van der Waals surface area contributed by atoms with E-state index in [1.165, 1.54) is 12.1 Å². The van der Waals surface area contributed by atoms with Gasteiger partial charge in [0.25, 0.3) is 0 Å². The van der Waals surface area contributed by atoms with Gasteiger partial charge in [-0.1, -0.05) is 18.2 Å². The monoisotopic (exact) mass is 288 g/mol. The normalized spacial score (nSPS) is 10.1. The average Bonchev–Trinajstić information content (AvgIpc) is 2.52. The number of carbonyl (C=O) groups is 1. The van der Waals surface area contributed by atoms with Crippen LogP contribution in [0, 0.1) is 0 Å². The van der Waals surface area contributed by atoms with Crippen LogP contribution in [0.25, 0.3) is 0 Å². The van der Waals surface area contributed by atoms with Crippen molar-refractivity contribution in [2.45, 2.75) is 6.61 Å². The summed E-state index contributed by atoms with van der Waals surface area (Å²) in [6, 6.07) is 13.4. The van der Waals surface area contributed by atoms with Crippen molar-refractivity contribution < 1.29 is 24.5 Å². The van der Waals surface area contributed by atoms with Crippen molar-refractivity contribution in [3.63, 3.8) is 0 Å². The molecule has 0 spiro atoms. The van der Waals surface area contributed by atoms with Crippen LogP contribution in [0.3, 0.4) is 0 Å². The van der Waals surface area contributed by atoms with Crippen LogP contribution in [0.1, 0.15) is 15.9 Å². The molecule has 2 N–H and O–H groups in total. The van der Waals surface area contributed by atoms with E-state index in [2.05, 4.69) is 0 Å². The Hall–Kier alpha value is -2.53. The molecule has 0 heterocycles. The van der Waals surface area contributed by atoms with Gasteiger partial charge in [-0.2, -0.15) is 0 Å². The molecule has 0 aromatic heterocycles. The highest BCUT2D eigenvalue weighted by Gasteiger charge is 2.03. The molecule has 5 nitrogen and oxygen atoms in total. The number of carboxylic acid groups (broad SMARTS) is 1. The van der Waals surface area contributed by atoms with E-state index < -0.39 is 5.97 Å². The highest BCUT2D eigenvalue weighted by molar-refractivity contribution is 5.87. The van der Waals surface area contributed by atoms with Crippen LogP contribution in [0.15, 0.2) is 48.5 Å². The zero-order chi connectivity index (χ0) is 15.1. The molecule has 5 heteroatoms. The first-order valence-electron chi connectivity index (χ1n) is 6.48. The summed E-state index contributed by atoms with van der Waals surface area (Å²) in [5.74, 6) is 0.245. The third-order valence-electron chi connectivity index (χ3n) is 2.85. The molecule has 0 fully saturated rings. The summed E-state index contributed by atoms with van der Waals surface area (Å²) in [4.78, 5) is 10.7. The Balaban J connectivity index is 1.80. The van der Waals surface area contributed by atoms with E-state index in [1.54, 1.807) is 24.3 Å². The standard InChI is InChI=1S/C16H16O5/c17-11-13-3-1-2-4-15(13)21-10-9-20-14-7-5-12(6-8-14)16(18)19/h1-8,17H,9-11H2,(H,18,19). The number of hydrogen-bond acceptors (Lipinski definition) is 4. The first-order valence-corrected chi connectivity index (χ1v) is 6.48. The lowest BCUT2D eigenvalue weighted by Gasteiger charge is -2.11. The van der Waals surface area contributed by atoms with E-state index in [0.717, 1.165) is 5.56 Å². The van der Waals surface area contributed by atoms with E-state index in [0.29, 0.717) is 24.7 Å². The summed E-state index contributed by atoms with van der Waals surface area (Å²) in [5, 5.41) is 17.9. The van der Waals surface area contributed by atoms with Gasteiger partial charge in [-0.05, 0) is 30.3 Å². The lowest BCUT2D eigenvalue weighted by molar-refractivity contribution is 0.0697. The van der Waals surface area contributed by atoms with Gasteiger partial charge >= 0.3 is 5.97 Å². The van der Waals surface area contributed by atoms with Gasteiger partial charge < -0.3 is 19.7 Å². The molecule has 0 radical (unpaired) electrons. The lowest BCUT2D eigenvalue weighted by atomic mass is 10.2. The summed E-state index contributed by atoms with van der Waals surface area (Å²) in [7, 11) is 0. The molecule has 2 aromatic carbocycles. The van der Waals surface area contributed by atoms with Crippen molar-refractivity contribution >= 4 is 5.97 Å². The van der Waals surface area contributed by atoms with Crippen LogP contribution in [0.5, 0.6) is 11.5 Å². The molecule has 2 aromatic rings. The topological polar surface area (TPSA) is 76.0 Å². The van der Waals surface area contributed by atoms with Crippen LogP contribution >= 0.6 is 0 Å². The van der Waals surface area contributed by atoms with Crippen molar-refractivity contribution in [3.05, 3.63) is 59.7 Å². The molecule has 0 saturated heterocycles. The number of aliphatic hydroxyl groups excluding tert-OH is 1. The zero-order valence-corrected chi connectivity index (χ0v) is 11.4. The second-order valence-electron chi connectivity index (χ2n) is 4.29. The molecular formula is C16H16O5. The Morgan fingerprint density at radius 1 is 0.952 bits per heavy atom. The summed E-state index contributed by atoms with van der Waals surface area (Å²) in [6.45, 7) is 0.581. The summed E-state index contributed by atoms with van der Waals surface area (Å²) >= 11 is 0. The van der Waals surface area contributed by atoms with Crippen molar-refractivity contribution in [1.29, 1.82) is 0 Å². The number of ether oxygens (including phenoxy) is 2. The van der Waals surface area contributed by atoms with E-state index >= 15 is 0 Å². The first kappa shape index (κ1) is 14.9. The molecule has 0 saturated carbocycles. The number of para-hydroxylation sites is 1. The van der Waals surface area contributed by atoms with Gasteiger partial charge in [-0.25, -0.2) is 4.79 Å². The fourth-order valence-corrected chi connectivity index (χ4v) is 1.78. The number of hydrogen-bond donors (Lipinski definition) is 2. The quantitative estimate of drug-likeness (QED) is 0.765. The minimum atomic E-state index is -0.967. The maximum atomic E-state index is 10.7. The third kappa shape index (κ3) is 4.22. The third-order valence-corrected chi connectivity index (χ3v) is 2.85. The van der Waals surface area contributed by atoms with Crippen molar-refractivity contribution in [3.8, 4) is 11.5 Å². The fourth-order valence-electron chi connectivity index (χ4n) is 1.78. The number of aromatic carboxylic acids is 1. The molecule has 0 aliphatic rings. The molecular weight excluding hydrogens is 272 g/mol. The van der Waals surface area contributed by atoms with Gasteiger partial charge in [0.2, 0.25) is 0 Å². The van der Waals surface area contributed by atoms with Crippen LogP contribution in [-0.4, -0.2) is 29.4 Å². The Morgan fingerprint density at radius 3 is 2.29 bits per heavy atom. The van der Waals surface area contributed by atoms with Gasteiger partial charge in [0.15, 0.2) is 0 Å². The largest absolute Gasteiger partial charge is 0.490 e. The fraction of sp³-hybridized carbons (Fsp3) is 0.188. The first-order chi connectivity index (χ1) is 10.2. The van der Waals surface area contributed by atoms with E-state index in [1.807, 2.05) is 12.1 Å². The van der Waals surface area contributed by atoms with Crippen LogP contribution in [0.4, 0.5) is 0 Å². The van der Waals surface area contributed by atoms with Gasteiger partial charge in [-0.15, -0.1) is 0 Å². The predicted octanol–water partition coefficient (Wildman–Crippen LogP) is 2.33. The Bertz CT molecular complexity index is 592. The molecule has 0 atom stereocenters. The summed E-state index contributed by atoms with van der Waals surface area (Å²) < 4.78 is 11.0. The molecule has 0 amide bonds. The number of carboxylic acids is 1. The van der Waals surface area contributed by atoms with Gasteiger partial charge in [0.05, 0.1) is 12.2 Å². The van der Waals surface area contributed by atoms with E-state index in [-0.39, 0.29) is 12.2 Å². The van der Waals surface area contributed by atoms with Gasteiger partial charge in [0.1, 0.15) is 24.7 Å². The van der Waals surface area contributed by atoms with Crippen molar-refractivity contribution in [1.82, 2.24) is 0 Å². The Morgan fingerprint density at radius 2 is 1.62 bits per heavy atom. The van der Waals surface area contributed by atoms with E-state index in [4.69, 9.17) is 19.7 Å². The number of benzene rings is 2. The summed E-state index contributed by atoms with van der Waals surface area (Å²) in [5.41, 5.74) is 0.943. The molecule has 0 aliphatic heterocycles. The second-order valence-corrected chi connectivity index (χ2v) is 4.29. The highest BCUT2D eigenvalue weighted by atomic mass is 16.5. The number of rotatable bonds is 7. The minimum Gasteiger partial charge on any atom is -0.490 e. The van der Waals surface area contributed by atoms with E-state index in [9.17, 15) is 4.79 Å². The molecule has 2 rings (SSSR count). The zero-order valence-electron chi connectivity index (χ0n) is 11.4. The van der Waals surface area contributed by atoms with Gasteiger partial charge in [0, 0.05) is 5.56 Å². The van der Waals surface area contributed by atoms with Crippen molar-refractivity contribution in [2.24, 2.45) is 0 Å². The molecule has 0 aliphatic carbocycles. The van der Waals surface area contributed by atoms with Crippen LogP contribution in [0.2, 0.25) is 0 Å². The van der Waals surface area contributed by atoms with Crippen LogP contribution < -0.4 is 9.47 Å². The lowest BCUT2D eigenvalue weighted by Crippen LogP contribution is -2.10. The van der Waals surface area contributed by atoms with Crippen LogP contribution in [-0.2, 0) is 6.61 Å². The summed E-state index contributed by atoms with van der Waals surface area (Å²) in [6.07, 6.45) is 0. The van der Waals surface area contributed by atoms with Crippen molar-refractivity contribution in [2.75, 3.05) is 13.2 Å². The van der Waals surface area contributed by atoms with Gasteiger partial charge in [-0.3, -0.25) is 0 Å². The average molecular weight is 288 g/mol. The Kier molecular flexibility index (Phi) is 5.17. The molecule has 0 bridgehead atoms. The molecule has 0 unspecified atom stereocenters. The molecule has 21 heavy (non-hydrogen) atoms. The minimum absolute atomic E-state index is 0.0757. The maximum absolute atomic E-state index is 10.7. The SMILES string of the molecule is O=C(O)c1ccc(OCCOc2ccccc2CO)cc1. The highest BCUT2D eigenvalue weighted by Crippen LogP contribution is 2.17. The predicted molar refractivity (Wildman–Crippen MR) is 76.8 cm³/mol. The maximum Gasteiger partial charge on any atom is 0.335 e.